The van der Waals surface area contributed by atoms with Crippen LogP contribution < -0.4 is 0 Å². The minimum atomic E-state index is -1.01. The normalized spacial score (nSPS) is 45.5. The highest BCUT2D eigenvalue weighted by Crippen LogP contribution is 2.70. The Morgan fingerprint density at radius 2 is 1.68 bits per heavy atom. The first-order valence-electron chi connectivity index (χ1n) is 11.1. The van der Waals surface area contributed by atoms with Crippen molar-refractivity contribution in [1.82, 2.24) is 0 Å². The molecule has 1 spiro atoms. The average Bonchev–Trinajstić information content (AvgIpc) is 2.79. The van der Waals surface area contributed by atoms with Crippen molar-refractivity contribution >= 4 is 23.5 Å². The number of ether oxygens (including phenoxy) is 2. The summed E-state index contributed by atoms with van der Waals surface area (Å²) in [4.78, 5) is 50.9. The van der Waals surface area contributed by atoms with Crippen molar-refractivity contribution in [1.29, 1.82) is 0 Å². The first-order chi connectivity index (χ1) is 14.3. The Kier molecular flexibility index (Phi) is 4.82. The predicted octanol–water partition coefficient (Wildman–Crippen LogP) is 2.39. The van der Waals surface area contributed by atoms with Gasteiger partial charge in [-0.05, 0) is 24.3 Å². The summed E-state index contributed by atoms with van der Waals surface area (Å²) in [6.07, 6.45) is -1.06. The SMILES string of the molecule is C=C1C(=O)[C@@]23CC(=O)[C@@H]4C(C)(C)[C@@H](OC(C)=O)C[C@H](O)[C@@]4(C)[C@@H]2[C@@H](OC(C)=O)C[C@@H]1C3. The minimum Gasteiger partial charge on any atom is -0.462 e. The van der Waals surface area contributed by atoms with E-state index in [0.29, 0.717) is 18.4 Å². The standard InChI is InChI=1S/C24H32O7/c1-11-14-7-16(30-12(2)25)20-23(6)17(28)8-18(31-13(3)26)22(4,5)19(23)15(27)10-24(20,9-14)21(11)29/h14,16-20,28H,1,7-10H2,2-6H3/t14-,16+,17+,18+,19-,20+,23-,24+/m1/s1. The van der Waals surface area contributed by atoms with Crippen LogP contribution in [0.4, 0.5) is 0 Å². The zero-order valence-corrected chi connectivity index (χ0v) is 18.9. The molecule has 0 aromatic rings. The molecule has 31 heavy (non-hydrogen) atoms. The second-order valence-electron chi connectivity index (χ2n) is 10.9. The summed E-state index contributed by atoms with van der Waals surface area (Å²) in [6.45, 7) is 12.3. The summed E-state index contributed by atoms with van der Waals surface area (Å²) in [5.41, 5.74) is -2.28. The highest BCUT2D eigenvalue weighted by atomic mass is 16.5. The van der Waals surface area contributed by atoms with Gasteiger partial charge in [0.05, 0.1) is 6.10 Å². The van der Waals surface area contributed by atoms with Gasteiger partial charge in [0.2, 0.25) is 0 Å². The molecule has 4 aliphatic rings. The quantitative estimate of drug-likeness (QED) is 0.527. The van der Waals surface area contributed by atoms with E-state index in [1.807, 2.05) is 20.8 Å². The number of aliphatic hydroxyl groups excluding tert-OH is 1. The van der Waals surface area contributed by atoms with Crippen molar-refractivity contribution in [2.75, 3.05) is 0 Å². The van der Waals surface area contributed by atoms with Gasteiger partial charge in [0.25, 0.3) is 0 Å². The van der Waals surface area contributed by atoms with E-state index in [1.54, 1.807) is 0 Å². The monoisotopic (exact) mass is 432 g/mol. The topological polar surface area (TPSA) is 107 Å². The number of ketones is 2. The van der Waals surface area contributed by atoms with Gasteiger partial charge in [-0.1, -0.05) is 27.4 Å². The van der Waals surface area contributed by atoms with Crippen LogP contribution in [0.2, 0.25) is 0 Å². The number of aliphatic hydroxyl groups is 1. The third-order valence-corrected chi connectivity index (χ3v) is 8.79. The van der Waals surface area contributed by atoms with Crippen LogP contribution >= 0.6 is 0 Å². The second kappa shape index (κ2) is 6.74. The van der Waals surface area contributed by atoms with Crippen LogP contribution in [0.15, 0.2) is 12.2 Å². The molecule has 4 saturated carbocycles. The van der Waals surface area contributed by atoms with E-state index < -0.39 is 58.3 Å². The molecule has 0 amide bonds. The molecule has 0 aromatic carbocycles. The maximum absolute atomic E-state index is 13.7. The van der Waals surface area contributed by atoms with Gasteiger partial charge in [0.15, 0.2) is 5.78 Å². The average molecular weight is 433 g/mol. The van der Waals surface area contributed by atoms with Crippen molar-refractivity contribution in [2.24, 2.45) is 34.0 Å². The van der Waals surface area contributed by atoms with E-state index in [-0.39, 0.29) is 30.3 Å². The molecule has 7 nitrogen and oxygen atoms in total. The Morgan fingerprint density at radius 1 is 1.06 bits per heavy atom. The minimum absolute atomic E-state index is 0.0347. The van der Waals surface area contributed by atoms with Gasteiger partial charge in [0.1, 0.15) is 18.0 Å². The lowest BCUT2D eigenvalue weighted by Gasteiger charge is -2.65. The first-order valence-corrected chi connectivity index (χ1v) is 11.1. The van der Waals surface area contributed by atoms with Crippen LogP contribution in [0.1, 0.15) is 60.3 Å². The highest BCUT2D eigenvalue weighted by Gasteiger charge is 2.75. The van der Waals surface area contributed by atoms with Crippen molar-refractivity contribution in [3.63, 3.8) is 0 Å². The fourth-order valence-electron chi connectivity index (χ4n) is 7.92. The van der Waals surface area contributed by atoms with Gasteiger partial charge in [-0.25, -0.2) is 0 Å². The molecule has 170 valence electrons. The van der Waals surface area contributed by atoms with E-state index in [4.69, 9.17) is 9.47 Å². The molecule has 8 atom stereocenters. The Labute approximate surface area is 182 Å². The number of rotatable bonds is 2. The van der Waals surface area contributed by atoms with Crippen molar-refractivity contribution < 1.29 is 33.8 Å². The molecule has 2 bridgehead atoms. The van der Waals surface area contributed by atoms with Crippen LogP contribution in [0.25, 0.3) is 0 Å². The molecule has 4 rings (SSSR count). The van der Waals surface area contributed by atoms with Gasteiger partial charge in [0, 0.05) is 54.8 Å². The summed E-state index contributed by atoms with van der Waals surface area (Å²) >= 11 is 0. The fraction of sp³-hybridized carbons (Fsp3) is 0.750. The molecule has 7 heteroatoms. The number of allylic oxidation sites excluding steroid dienone is 1. The summed E-state index contributed by atoms with van der Waals surface area (Å²) < 4.78 is 11.3. The van der Waals surface area contributed by atoms with Crippen molar-refractivity contribution in [2.45, 2.75) is 78.6 Å². The molecule has 0 radical (unpaired) electrons. The Hall–Kier alpha value is -2.02. The molecule has 4 fully saturated rings. The largest absolute Gasteiger partial charge is 0.462 e. The number of fused-ring (bicyclic) bond motifs is 3. The predicted molar refractivity (Wildman–Crippen MR) is 110 cm³/mol. The Balaban J connectivity index is 1.88. The number of esters is 2. The maximum atomic E-state index is 13.7. The van der Waals surface area contributed by atoms with Crippen molar-refractivity contribution in [3.8, 4) is 0 Å². The van der Waals surface area contributed by atoms with Gasteiger partial charge < -0.3 is 14.6 Å². The molecule has 0 unspecified atom stereocenters. The van der Waals surface area contributed by atoms with Gasteiger partial charge in [-0.15, -0.1) is 0 Å². The zero-order chi connectivity index (χ0) is 23.1. The number of carbonyl (C=O) groups is 4. The van der Waals surface area contributed by atoms with E-state index in [1.165, 1.54) is 13.8 Å². The fourth-order valence-corrected chi connectivity index (χ4v) is 7.92. The molecule has 0 aliphatic heterocycles. The van der Waals surface area contributed by atoms with Gasteiger partial charge in [-0.3, -0.25) is 19.2 Å². The molecule has 0 aromatic heterocycles. The molecule has 1 N–H and O–H groups in total. The number of Topliss-reactive ketones (excluding diaryl/α,β-unsaturated/α-hetero) is 2. The number of carbonyl (C=O) groups excluding carboxylic acids is 4. The lowest BCUT2D eigenvalue weighted by Crippen LogP contribution is -2.71. The number of hydrogen-bond donors (Lipinski definition) is 1. The van der Waals surface area contributed by atoms with E-state index >= 15 is 0 Å². The van der Waals surface area contributed by atoms with Crippen LogP contribution in [0.5, 0.6) is 0 Å². The van der Waals surface area contributed by atoms with Crippen LogP contribution in [0.3, 0.4) is 0 Å². The Morgan fingerprint density at radius 3 is 2.26 bits per heavy atom. The highest BCUT2D eigenvalue weighted by molar-refractivity contribution is 6.06. The van der Waals surface area contributed by atoms with Crippen molar-refractivity contribution in [3.05, 3.63) is 12.2 Å². The lowest BCUT2D eigenvalue weighted by atomic mass is 9.39. The third kappa shape index (κ3) is 2.81. The summed E-state index contributed by atoms with van der Waals surface area (Å²) in [5, 5.41) is 11.4. The first kappa shape index (κ1) is 22.2. The van der Waals surface area contributed by atoms with Crippen LogP contribution in [0, 0.1) is 34.0 Å². The smallest absolute Gasteiger partial charge is 0.302 e. The van der Waals surface area contributed by atoms with Crippen LogP contribution in [-0.2, 0) is 28.7 Å². The molecular weight excluding hydrogens is 400 g/mol. The molecular formula is C24H32O7. The molecule has 0 saturated heterocycles. The summed E-state index contributed by atoms with van der Waals surface area (Å²) in [7, 11) is 0. The van der Waals surface area contributed by atoms with Gasteiger partial charge in [-0.2, -0.15) is 0 Å². The summed E-state index contributed by atoms with van der Waals surface area (Å²) in [5.74, 6) is -2.43. The Bertz CT molecular complexity index is 888. The lowest BCUT2D eigenvalue weighted by molar-refractivity contribution is -0.244. The van der Waals surface area contributed by atoms with E-state index in [9.17, 15) is 24.3 Å². The molecule has 0 heterocycles. The van der Waals surface area contributed by atoms with E-state index in [2.05, 4.69) is 6.58 Å². The summed E-state index contributed by atoms with van der Waals surface area (Å²) in [6, 6.07) is 0. The zero-order valence-electron chi connectivity index (χ0n) is 18.9. The van der Waals surface area contributed by atoms with Gasteiger partial charge >= 0.3 is 11.9 Å². The number of hydrogen-bond acceptors (Lipinski definition) is 7. The van der Waals surface area contributed by atoms with E-state index in [0.717, 1.165) is 0 Å². The second-order valence-corrected chi connectivity index (χ2v) is 10.9. The maximum Gasteiger partial charge on any atom is 0.302 e. The third-order valence-electron chi connectivity index (χ3n) is 8.79. The van der Waals surface area contributed by atoms with Crippen LogP contribution in [-0.4, -0.2) is 46.9 Å². The molecule has 4 aliphatic carbocycles.